The number of amides is 4. The molecule has 12 atom stereocenters. The highest BCUT2D eigenvalue weighted by Gasteiger charge is 2.36. The fourth-order valence-corrected chi connectivity index (χ4v) is 10.5. The Labute approximate surface area is 498 Å². The minimum atomic E-state index is -1.05. The zero-order valence-corrected chi connectivity index (χ0v) is 51.0. The summed E-state index contributed by atoms with van der Waals surface area (Å²) in [5.74, 6) is -5.06. The molecule has 23 heteroatoms. The summed E-state index contributed by atoms with van der Waals surface area (Å²) in [4.78, 5) is 107. The Kier molecular flexibility index (Phi) is 28.3. The van der Waals surface area contributed by atoms with E-state index >= 15 is 0 Å². The van der Waals surface area contributed by atoms with Gasteiger partial charge in [0.1, 0.15) is 12.2 Å². The molecule has 4 rings (SSSR count). The number of ketones is 4. The molecule has 0 aromatic rings. The molecule has 85 heavy (non-hydrogen) atoms. The van der Waals surface area contributed by atoms with Crippen LogP contribution >= 0.6 is 0 Å². The lowest BCUT2D eigenvalue weighted by Crippen LogP contribution is -2.38. The molecular weight excluding hydrogens is 1100 g/mol. The van der Waals surface area contributed by atoms with Crippen molar-refractivity contribution in [2.75, 3.05) is 54.6 Å². The number of primary amides is 2. The zero-order valence-electron chi connectivity index (χ0n) is 51.0. The van der Waals surface area contributed by atoms with Gasteiger partial charge in [-0.3, -0.25) is 28.8 Å². The first kappa shape index (κ1) is 70.4. The zero-order chi connectivity index (χ0) is 63.2. The van der Waals surface area contributed by atoms with Crippen molar-refractivity contribution in [2.24, 2.45) is 35.1 Å². The number of carbonyl (C=O) groups is 8. The average Bonchev–Trinajstić information content (AvgIpc) is 3.61. The third-order valence-electron chi connectivity index (χ3n) is 15.3. The first-order valence-electron chi connectivity index (χ1n) is 28.6. The summed E-state index contributed by atoms with van der Waals surface area (Å²) in [7, 11) is 5.76. The number of allylic oxidation sites excluding steroid dienone is 8. The Balaban J connectivity index is 1.48. The SMILES string of the molecule is CO[C@H]1/C=C\C=C(/C)C(=O)NC2=CC(=O)C(NCCCNCCCNC3=C4C[C@@H](C)C[C@H](OC)[C@H](O)[C@@H](C)/C=C(\C)[C@H](OC(N)=O)[C@@H](OC)/C=C\C=C(/C)C(=O)NC(=CC3=O)C4=O)=C(C[C@@H](C)C[C@H](OC)[C@H](O)[C@@H](C)/C=C(\C)[C@@H]1OC(N)=O)C2=O. The molecule has 0 fully saturated rings. The first-order valence-corrected chi connectivity index (χ1v) is 28.6. The summed E-state index contributed by atoms with van der Waals surface area (Å²) in [5, 5.41) is 38.0. The van der Waals surface area contributed by atoms with Crippen molar-refractivity contribution >= 4 is 47.1 Å². The van der Waals surface area contributed by atoms with Crippen molar-refractivity contribution < 1.29 is 77.0 Å². The molecule has 11 N–H and O–H groups in total. The number of aliphatic hydroxyl groups is 2. The van der Waals surface area contributed by atoms with Gasteiger partial charge < -0.3 is 76.7 Å². The number of methoxy groups -OCH3 is 4. The number of ether oxygens (including phenoxy) is 6. The number of hydrogen-bond donors (Lipinski definition) is 9. The van der Waals surface area contributed by atoms with Crippen LogP contribution in [0.2, 0.25) is 0 Å². The van der Waals surface area contributed by atoms with E-state index in [2.05, 4.69) is 26.6 Å². The van der Waals surface area contributed by atoms with E-state index in [9.17, 15) is 48.6 Å². The van der Waals surface area contributed by atoms with E-state index in [0.29, 0.717) is 37.1 Å². The Morgan fingerprint density at radius 3 is 1.27 bits per heavy atom. The van der Waals surface area contributed by atoms with Crippen LogP contribution in [0.3, 0.4) is 0 Å². The third kappa shape index (κ3) is 20.5. The summed E-state index contributed by atoms with van der Waals surface area (Å²) >= 11 is 0. The van der Waals surface area contributed by atoms with E-state index in [1.807, 2.05) is 13.8 Å². The van der Waals surface area contributed by atoms with Gasteiger partial charge in [-0.05, 0) is 102 Å². The van der Waals surface area contributed by atoms with Gasteiger partial charge >= 0.3 is 12.2 Å². The topological polar surface area (TPSA) is 345 Å². The number of nitrogens with two attached hydrogens (primary N) is 2. The van der Waals surface area contributed by atoms with Crippen LogP contribution in [0, 0.1) is 23.7 Å². The molecule has 0 radical (unpaired) electrons. The van der Waals surface area contributed by atoms with Crippen molar-refractivity contribution in [1.29, 1.82) is 0 Å². The highest BCUT2D eigenvalue weighted by molar-refractivity contribution is 6.24. The largest absolute Gasteiger partial charge is 0.439 e. The normalized spacial score (nSPS) is 31.7. The van der Waals surface area contributed by atoms with Gasteiger partial charge in [0.05, 0.1) is 47.2 Å². The molecule has 23 nitrogen and oxygen atoms in total. The molecule has 4 aliphatic rings. The molecule has 0 aromatic carbocycles. The molecule has 0 spiro atoms. The van der Waals surface area contributed by atoms with Crippen molar-refractivity contribution in [3.8, 4) is 0 Å². The number of aliphatic hydroxyl groups excluding tert-OH is 2. The maximum Gasteiger partial charge on any atom is 0.405 e. The Hall–Kier alpha value is -7.12. The van der Waals surface area contributed by atoms with Gasteiger partial charge in [-0.15, -0.1) is 0 Å². The fraction of sp³-hybridized carbons (Fsp3) is 0.548. The second-order valence-corrected chi connectivity index (χ2v) is 22.2. The highest BCUT2D eigenvalue weighted by Crippen LogP contribution is 2.31. The highest BCUT2D eigenvalue weighted by atomic mass is 16.6. The van der Waals surface area contributed by atoms with Crippen LogP contribution in [-0.2, 0) is 57.2 Å². The minimum Gasteiger partial charge on any atom is -0.439 e. The van der Waals surface area contributed by atoms with Gasteiger partial charge in [-0.2, -0.15) is 0 Å². The molecule has 2 aliphatic carbocycles. The Morgan fingerprint density at radius 2 is 0.941 bits per heavy atom. The Morgan fingerprint density at radius 1 is 0.576 bits per heavy atom. The van der Waals surface area contributed by atoms with Gasteiger partial charge in [-0.25, -0.2) is 9.59 Å². The average molecular weight is 1190 g/mol. The van der Waals surface area contributed by atoms with Crippen LogP contribution in [0.25, 0.3) is 0 Å². The van der Waals surface area contributed by atoms with Crippen LogP contribution in [0.4, 0.5) is 9.59 Å². The van der Waals surface area contributed by atoms with E-state index in [1.54, 1.807) is 52.0 Å². The number of carbonyl (C=O) groups excluding carboxylic acids is 8. The summed E-state index contributed by atoms with van der Waals surface area (Å²) in [6, 6.07) is 0. The summed E-state index contributed by atoms with van der Waals surface area (Å²) < 4.78 is 33.7. The molecule has 0 unspecified atom stereocenters. The molecule has 468 valence electrons. The predicted octanol–water partition coefficient (Wildman–Crippen LogP) is 4.09. The number of Topliss-reactive ketones (excluding diaryl/α,β-unsaturated/α-hetero) is 2. The van der Waals surface area contributed by atoms with Gasteiger partial charge in [0.15, 0.2) is 12.2 Å². The Bertz CT molecular complexity index is 2600. The number of fused-ring (bicyclic) bond motifs is 4. The van der Waals surface area contributed by atoms with E-state index in [1.165, 1.54) is 66.6 Å². The predicted molar refractivity (Wildman–Crippen MR) is 317 cm³/mol. The molecule has 4 bridgehead atoms. The van der Waals surface area contributed by atoms with E-state index < -0.39 is 108 Å². The second kappa shape index (κ2) is 34.1. The lowest BCUT2D eigenvalue weighted by molar-refractivity contribution is -0.120. The minimum absolute atomic E-state index is 0.0940. The fourth-order valence-electron chi connectivity index (χ4n) is 10.5. The molecule has 4 amide bonds. The van der Waals surface area contributed by atoms with Crippen molar-refractivity contribution in [1.82, 2.24) is 26.6 Å². The van der Waals surface area contributed by atoms with Gasteiger partial charge in [0.2, 0.25) is 23.1 Å². The summed E-state index contributed by atoms with van der Waals surface area (Å²) in [5.41, 5.74) is 12.4. The van der Waals surface area contributed by atoms with Crippen LogP contribution in [-0.4, -0.2) is 161 Å². The van der Waals surface area contributed by atoms with Crippen molar-refractivity contribution in [2.45, 2.75) is 143 Å². The summed E-state index contributed by atoms with van der Waals surface area (Å²) in [6.07, 6.45) is 7.30. The molecule has 0 aromatic heterocycles. The molecule has 2 heterocycles. The standard InChI is InChI=1S/C62H89N7O16/c1-33-25-41-51(45(70)31-43(55(41)74)68-59(76)35(3)17-13-19-47(80-9)57(84-61(63)78)39(7)29-37(5)53(72)49(27-33)82-11)66-23-15-21-65-22-16-24-67-52-42-26-34(2)28-50(83-12)54(73)38(6)30-40(8)58(85-62(64)79)48(81-10)20-14-18-36(4)60(77)69-44(56(42)75)32-46(52)71/h13-14,17-20,29-34,37-38,47-50,53-54,57-58,65-67,72-73H,15-16,21-28H2,1-12H3,(H2,63,78)(H2,64,79)(H,68,76)(H,69,77)/b19-13-,20-14-,35-17+,36-18+,39-29+,40-30+/t33-,34-,37+,38+,47+,48+,49+,50+,53-,54-,57+,58+/m1/s1. The summed E-state index contributed by atoms with van der Waals surface area (Å²) in [6.45, 7) is 15.3. The third-order valence-corrected chi connectivity index (χ3v) is 15.3. The van der Waals surface area contributed by atoms with Gasteiger partial charge in [0, 0.05) is 87.8 Å². The number of rotatable bonds is 16. The van der Waals surface area contributed by atoms with Gasteiger partial charge in [-0.1, -0.05) is 76.3 Å². The lowest BCUT2D eigenvalue weighted by Gasteiger charge is -2.30. The van der Waals surface area contributed by atoms with Crippen LogP contribution in [0.15, 0.2) is 117 Å². The maximum absolute atomic E-state index is 14.2. The van der Waals surface area contributed by atoms with Crippen LogP contribution < -0.4 is 38.1 Å². The molecule has 0 saturated heterocycles. The van der Waals surface area contributed by atoms with Crippen LogP contribution in [0.5, 0.6) is 0 Å². The smallest absolute Gasteiger partial charge is 0.405 e. The molecule has 0 saturated carbocycles. The molecular formula is C62H89N7O16. The van der Waals surface area contributed by atoms with Gasteiger partial charge in [0.25, 0.3) is 11.8 Å². The van der Waals surface area contributed by atoms with E-state index in [0.717, 1.165) is 12.2 Å². The maximum atomic E-state index is 14.2. The number of nitrogens with one attached hydrogen (secondary N) is 5. The van der Waals surface area contributed by atoms with Crippen molar-refractivity contribution in [3.05, 3.63) is 117 Å². The monoisotopic (exact) mass is 1190 g/mol. The van der Waals surface area contributed by atoms with Crippen molar-refractivity contribution in [3.63, 3.8) is 0 Å². The molecule has 2 aliphatic heterocycles. The van der Waals surface area contributed by atoms with E-state index in [-0.39, 0.29) is 95.7 Å². The van der Waals surface area contributed by atoms with Crippen LogP contribution in [0.1, 0.15) is 93.9 Å². The van der Waals surface area contributed by atoms with E-state index in [4.69, 9.17) is 39.9 Å². The number of hydrogen-bond acceptors (Lipinski definition) is 19. The first-order chi connectivity index (χ1) is 40.3. The quantitative estimate of drug-likeness (QED) is 0.0597. The lowest BCUT2D eigenvalue weighted by atomic mass is 9.85. The second-order valence-electron chi connectivity index (χ2n) is 22.2.